The Morgan fingerprint density at radius 1 is 1.11 bits per heavy atom. The van der Waals surface area contributed by atoms with Gasteiger partial charge >= 0.3 is 5.97 Å². The number of benzene rings is 2. The molecule has 142 valence electrons. The van der Waals surface area contributed by atoms with Crippen LogP contribution in [0.5, 0.6) is 0 Å². The number of carbonyl (C=O) groups is 1. The molecule has 0 aliphatic rings. The first kappa shape index (κ1) is 19.4. The topological polar surface area (TPSA) is 102 Å². The molecule has 0 saturated carbocycles. The van der Waals surface area contributed by atoms with E-state index < -0.39 is 19.5 Å². The van der Waals surface area contributed by atoms with Crippen LogP contribution in [0.4, 0.5) is 0 Å². The predicted octanol–water partition coefficient (Wildman–Crippen LogP) is 3.92. The first-order valence-electron chi connectivity index (χ1n) is 8.86. The average molecular weight is 386 g/mol. The molecule has 2 aromatic carbocycles. The van der Waals surface area contributed by atoms with E-state index in [0.29, 0.717) is 18.4 Å². The summed E-state index contributed by atoms with van der Waals surface area (Å²) < 4.78 is 12.4. The number of aromatic amines is 1. The summed E-state index contributed by atoms with van der Waals surface area (Å²) in [7, 11) is -3.80. The maximum Gasteiger partial charge on any atom is 0.321 e. The van der Waals surface area contributed by atoms with Crippen molar-refractivity contribution in [1.29, 1.82) is 0 Å². The average Bonchev–Trinajstić information content (AvgIpc) is 3.04. The molecule has 4 N–H and O–H groups in total. The highest BCUT2D eigenvalue weighted by molar-refractivity contribution is 7.55. The number of hydrogen-bond donors (Lipinski definition) is 4. The zero-order valence-corrected chi connectivity index (χ0v) is 15.7. The van der Waals surface area contributed by atoms with Gasteiger partial charge in [0.15, 0.2) is 0 Å². The fraction of sp³-hybridized carbons (Fsp3) is 0.250. The number of carboxylic acids is 1. The highest BCUT2D eigenvalue weighted by Gasteiger charge is 2.27. The third-order valence-corrected chi connectivity index (χ3v) is 6.02. The van der Waals surface area contributed by atoms with Gasteiger partial charge in [-0.2, -0.15) is 0 Å². The molecule has 2 unspecified atom stereocenters. The van der Waals surface area contributed by atoms with Crippen LogP contribution in [-0.2, 0) is 21.9 Å². The third kappa shape index (κ3) is 5.30. The molecule has 0 spiro atoms. The van der Waals surface area contributed by atoms with Gasteiger partial charge in [-0.15, -0.1) is 0 Å². The molecule has 0 aliphatic heterocycles. The molecular weight excluding hydrogens is 363 g/mol. The normalized spacial score (nSPS) is 14.7. The van der Waals surface area contributed by atoms with Crippen LogP contribution >= 0.6 is 7.52 Å². The summed E-state index contributed by atoms with van der Waals surface area (Å²) in [5.41, 5.74) is 2.85. The maximum atomic E-state index is 12.4. The minimum absolute atomic E-state index is 0.0972. The Bertz CT molecular complexity index is 955. The zero-order chi connectivity index (χ0) is 19.3. The molecule has 0 fully saturated rings. The van der Waals surface area contributed by atoms with E-state index in [2.05, 4.69) is 10.1 Å². The first-order chi connectivity index (χ1) is 12.9. The number of nitrogens with one attached hydrogen (secondary N) is 2. The van der Waals surface area contributed by atoms with Gasteiger partial charge in [0.2, 0.25) is 0 Å². The van der Waals surface area contributed by atoms with Crippen LogP contribution in [-0.4, -0.2) is 27.0 Å². The lowest BCUT2D eigenvalue weighted by Gasteiger charge is -2.19. The summed E-state index contributed by atoms with van der Waals surface area (Å²) in [6.45, 7) is 0. The van der Waals surface area contributed by atoms with Crippen molar-refractivity contribution in [2.24, 2.45) is 0 Å². The predicted molar refractivity (Wildman–Crippen MR) is 106 cm³/mol. The number of H-pyrrole nitrogens is 1. The highest BCUT2D eigenvalue weighted by Crippen LogP contribution is 2.40. The van der Waals surface area contributed by atoms with Crippen LogP contribution in [0, 0.1) is 0 Å². The van der Waals surface area contributed by atoms with Crippen molar-refractivity contribution in [1.82, 2.24) is 10.1 Å². The van der Waals surface area contributed by atoms with E-state index in [9.17, 15) is 19.4 Å². The summed E-state index contributed by atoms with van der Waals surface area (Å²) in [5.74, 6) is -1.11. The Hall–Kier alpha value is -2.40. The van der Waals surface area contributed by atoms with Crippen LogP contribution in [0.15, 0.2) is 60.8 Å². The van der Waals surface area contributed by atoms with E-state index in [1.165, 1.54) is 0 Å². The fourth-order valence-electron chi connectivity index (χ4n) is 3.20. The molecule has 7 heteroatoms. The van der Waals surface area contributed by atoms with E-state index in [1.54, 1.807) is 24.3 Å². The lowest BCUT2D eigenvalue weighted by molar-refractivity contribution is -0.139. The summed E-state index contributed by atoms with van der Waals surface area (Å²) in [6, 6.07) is 15.8. The van der Waals surface area contributed by atoms with E-state index in [0.717, 1.165) is 16.5 Å². The van der Waals surface area contributed by atoms with Gasteiger partial charge in [-0.05, 0) is 36.5 Å². The smallest absolute Gasteiger partial charge is 0.321 e. The van der Waals surface area contributed by atoms with Gasteiger partial charge in [-0.3, -0.25) is 9.36 Å². The molecule has 1 aromatic heterocycles. The van der Waals surface area contributed by atoms with Gasteiger partial charge in [0.1, 0.15) is 6.04 Å². The molecule has 0 saturated heterocycles. The number of hydrogen-bond acceptors (Lipinski definition) is 2. The van der Waals surface area contributed by atoms with Gasteiger partial charge in [0.25, 0.3) is 7.52 Å². The van der Waals surface area contributed by atoms with Crippen LogP contribution in [0.2, 0.25) is 0 Å². The van der Waals surface area contributed by atoms with Crippen molar-refractivity contribution in [3.05, 3.63) is 71.9 Å². The summed E-state index contributed by atoms with van der Waals surface area (Å²) >= 11 is 0. The monoisotopic (exact) mass is 386 g/mol. The summed E-state index contributed by atoms with van der Waals surface area (Å²) in [4.78, 5) is 24.9. The van der Waals surface area contributed by atoms with Crippen molar-refractivity contribution < 1.29 is 19.4 Å². The van der Waals surface area contributed by atoms with Gasteiger partial charge in [-0.1, -0.05) is 48.5 Å². The standard InChI is InChI=1S/C20H23N2O4P/c23-20(24)19(22-27(25,26)14-15-7-2-1-3-8-15)12-6-9-16-13-21-18-11-5-4-10-17(16)18/h1-5,7-8,10-11,13,19,21H,6,9,12,14H2,(H,23,24)(H2,22,25,26). The van der Waals surface area contributed by atoms with Crippen molar-refractivity contribution in [3.63, 3.8) is 0 Å². The SMILES string of the molecule is O=C(O)C(CCCc1c[nH]c2ccccc12)NP(=O)(O)Cc1ccccc1. The molecular formula is C20H23N2O4P. The van der Waals surface area contributed by atoms with Crippen molar-refractivity contribution in [3.8, 4) is 0 Å². The van der Waals surface area contributed by atoms with Crippen LogP contribution in [0.3, 0.4) is 0 Å². The molecule has 0 radical (unpaired) electrons. The number of fused-ring (bicyclic) bond motifs is 1. The number of aliphatic carboxylic acids is 1. The minimum Gasteiger partial charge on any atom is -0.480 e. The third-order valence-electron chi connectivity index (χ3n) is 4.51. The quantitative estimate of drug-likeness (QED) is 0.418. The number of para-hydroxylation sites is 1. The van der Waals surface area contributed by atoms with E-state index in [1.807, 2.05) is 36.5 Å². The Kier molecular flexibility index (Phi) is 6.11. The van der Waals surface area contributed by atoms with E-state index >= 15 is 0 Å². The van der Waals surface area contributed by atoms with Gasteiger partial charge in [0, 0.05) is 17.1 Å². The minimum atomic E-state index is -3.80. The molecule has 0 amide bonds. The molecule has 3 rings (SSSR count). The van der Waals surface area contributed by atoms with E-state index in [-0.39, 0.29) is 12.6 Å². The second-order valence-corrected chi connectivity index (χ2v) is 8.59. The Labute approximate surface area is 157 Å². The zero-order valence-electron chi connectivity index (χ0n) is 14.8. The number of carboxylic acid groups (broad SMARTS) is 1. The highest BCUT2D eigenvalue weighted by atomic mass is 31.2. The van der Waals surface area contributed by atoms with Gasteiger partial charge in [-0.25, -0.2) is 5.09 Å². The fourth-order valence-corrected chi connectivity index (χ4v) is 4.72. The Balaban J connectivity index is 1.59. The molecule has 6 nitrogen and oxygen atoms in total. The summed E-state index contributed by atoms with van der Waals surface area (Å²) in [6.07, 6.45) is 3.40. The van der Waals surface area contributed by atoms with Crippen molar-refractivity contribution in [2.45, 2.75) is 31.5 Å². The second-order valence-electron chi connectivity index (χ2n) is 6.62. The number of rotatable bonds is 9. The molecule has 1 heterocycles. The molecule has 3 aromatic rings. The lowest BCUT2D eigenvalue weighted by Crippen LogP contribution is -2.34. The van der Waals surface area contributed by atoms with Crippen molar-refractivity contribution >= 4 is 24.4 Å². The van der Waals surface area contributed by atoms with Gasteiger partial charge in [0.05, 0.1) is 6.16 Å². The second kappa shape index (κ2) is 8.53. The van der Waals surface area contributed by atoms with Crippen molar-refractivity contribution in [2.75, 3.05) is 0 Å². The lowest BCUT2D eigenvalue weighted by atomic mass is 10.0. The maximum absolute atomic E-state index is 12.4. The largest absolute Gasteiger partial charge is 0.480 e. The molecule has 2 atom stereocenters. The molecule has 0 bridgehead atoms. The van der Waals surface area contributed by atoms with E-state index in [4.69, 9.17) is 0 Å². The van der Waals surface area contributed by atoms with Crippen LogP contribution in [0.25, 0.3) is 10.9 Å². The molecule has 27 heavy (non-hydrogen) atoms. The molecule has 0 aliphatic carbocycles. The Morgan fingerprint density at radius 3 is 2.56 bits per heavy atom. The van der Waals surface area contributed by atoms with Crippen LogP contribution in [0.1, 0.15) is 24.0 Å². The van der Waals surface area contributed by atoms with Gasteiger partial charge < -0.3 is 15.0 Å². The number of aromatic nitrogens is 1. The Morgan fingerprint density at radius 2 is 1.81 bits per heavy atom. The number of aryl methyl sites for hydroxylation is 1. The first-order valence-corrected chi connectivity index (χ1v) is 10.7. The van der Waals surface area contributed by atoms with Crippen LogP contribution < -0.4 is 5.09 Å². The summed E-state index contributed by atoms with van der Waals surface area (Å²) in [5, 5.41) is 13.0.